The van der Waals surface area contributed by atoms with Crippen LogP contribution >= 0.6 is 0 Å². The van der Waals surface area contributed by atoms with Crippen LogP contribution in [-0.2, 0) is 17.8 Å². The average Bonchev–Trinajstić information content (AvgIpc) is 3.40. The van der Waals surface area contributed by atoms with Gasteiger partial charge in [-0.25, -0.2) is 9.37 Å². The Hall–Kier alpha value is -3.43. The molecular formula is C26H28FN5O3. The van der Waals surface area contributed by atoms with E-state index in [-0.39, 0.29) is 17.8 Å². The first-order valence-electron chi connectivity index (χ1n) is 12.0. The van der Waals surface area contributed by atoms with Gasteiger partial charge in [-0.2, -0.15) is 0 Å². The molecule has 1 atom stereocenters. The highest BCUT2D eigenvalue weighted by molar-refractivity contribution is 6.00. The molecule has 0 bridgehead atoms. The van der Waals surface area contributed by atoms with E-state index in [9.17, 15) is 9.18 Å². The van der Waals surface area contributed by atoms with Crippen LogP contribution in [0.25, 0.3) is 33.5 Å². The summed E-state index contributed by atoms with van der Waals surface area (Å²) in [5.74, 6) is 1.09. The first-order chi connectivity index (χ1) is 17.0. The van der Waals surface area contributed by atoms with Gasteiger partial charge < -0.3 is 29.2 Å². The smallest absolute Gasteiger partial charge is 0.254 e. The molecule has 0 aliphatic carbocycles. The monoisotopic (exact) mass is 477 g/mol. The number of fused-ring (bicyclic) bond motifs is 1. The fourth-order valence-corrected chi connectivity index (χ4v) is 5.35. The van der Waals surface area contributed by atoms with Crippen LogP contribution in [0.5, 0.6) is 5.75 Å². The summed E-state index contributed by atoms with van der Waals surface area (Å²) in [4.78, 5) is 20.1. The van der Waals surface area contributed by atoms with E-state index in [1.165, 1.54) is 12.1 Å². The van der Waals surface area contributed by atoms with Crippen LogP contribution in [0.4, 0.5) is 4.39 Å². The van der Waals surface area contributed by atoms with Gasteiger partial charge >= 0.3 is 0 Å². The molecule has 4 heterocycles. The summed E-state index contributed by atoms with van der Waals surface area (Å²) in [5, 5.41) is 0.806. The van der Waals surface area contributed by atoms with Crippen LogP contribution in [0, 0.1) is 5.82 Å². The maximum atomic E-state index is 14.0. The molecule has 8 nitrogen and oxygen atoms in total. The molecular weight excluding hydrogens is 449 g/mol. The van der Waals surface area contributed by atoms with E-state index < -0.39 is 0 Å². The average molecular weight is 478 g/mol. The van der Waals surface area contributed by atoms with Crippen molar-refractivity contribution < 1.29 is 18.7 Å². The Morgan fingerprint density at radius 1 is 1.26 bits per heavy atom. The van der Waals surface area contributed by atoms with E-state index in [1.807, 2.05) is 23.1 Å². The Kier molecular flexibility index (Phi) is 5.46. The fraction of sp³-hybridized carbons (Fsp3) is 0.385. The number of carbonyl (C=O) groups is 1. The van der Waals surface area contributed by atoms with Gasteiger partial charge in [-0.05, 0) is 49.2 Å². The predicted molar refractivity (Wildman–Crippen MR) is 131 cm³/mol. The lowest BCUT2D eigenvalue weighted by atomic mass is 10.0. The largest absolute Gasteiger partial charge is 0.489 e. The number of benzene rings is 2. The van der Waals surface area contributed by atoms with E-state index in [2.05, 4.69) is 9.13 Å². The Morgan fingerprint density at radius 2 is 2.14 bits per heavy atom. The lowest BCUT2D eigenvalue weighted by Crippen LogP contribution is -2.45. The predicted octanol–water partition coefficient (Wildman–Crippen LogP) is 3.40. The fourth-order valence-electron chi connectivity index (χ4n) is 5.35. The van der Waals surface area contributed by atoms with Crippen molar-refractivity contribution in [1.82, 2.24) is 19.0 Å². The number of piperidine rings is 1. The summed E-state index contributed by atoms with van der Waals surface area (Å²) in [6.45, 7) is 3.49. The first-order valence-corrected chi connectivity index (χ1v) is 12.0. The molecule has 2 N–H and O–H groups in total. The molecule has 0 spiro atoms. The van der Waals surface area contributed by atoms with Crippen molar-refractivity contribution in [3.63, 3.8) is 0 Å². The molecule has 2 aliphatic rings. The van der Waals surface area contributed by atoms with Gasteiger partial charge in [-0.1, -0.05) is 0 Å². The van der Waals surface area contributed by atoms with Crippen molar-refractivity contribution in [3.05, 3.63) is 47.8 Å². The molecule has 1 fully saturated rings. The second kappa shape index (κ2) is 8.66. The Morgan fingerprint density at radius 3 is 2.97 bits per heavy atom. The first kappa shape index (κ1) is 22.1. The molecule has 0 radical (unpaired) electrons. The molecule has 9 heteroatoms. The number of halogens is 1. The molecule has 0 saturated carbocycles. The highest BCUT2D eigenvalue weighted by Gasteiger charge is 2.27. The van der Waals surface area contributed by atoms with Gasteiger partial charge in [0.15, 0.2) is 5.82 Å². The van der Waals surface area contributed by atoms with Crippen molar-refractivity contribution >= 4 is 27.8 Å². The number of nitrogens with two attached hydrogens (primary N) is 1. The molecule has 182 valence electrons. The van der Waals surface area contributed by atoms with Gasteiger partial charge in [0, 0.05) is 49.3 Å². The number of nitrogens with zero attached hydrogens (tertiary/aromatic N) is 4. The SMILES string of the molecule is COCCn1c(-c2nc3cc(C(=O)N4CCCC(N)C4)cc4c3n2CCO4)cc2cc(F)ccc21. The summed E-state index contributed by atoms with van der Waals surface area (Å²) >= 11 is 0. The van der Waals surface area contributed by atoms with Crippen LogP contribution < -0.4 is 10.5 Å². The quantitative estimate of drug-likeness (QED) is 0.476. The second-order valence-corrected chi connectivity index (χ2v) is 9.31. The molecule has 2 aliphatic heterocycles. The normalized spacial score (nSPS) is 17.8. The topological polar surface area (TPSA) is 87.5 Å². The number of methoxy groups -OCH3 is 1. The number of ether oxygens (including phenoxy) is 2. The van der Waals surface area contributed by atoms with Crippen LogP contribution in [0.2, 0.25) is 0 Å². The van der Waals surface area contributed by atoms with Crippen LogP contribution in [0.3, 0.4) is 0 Å². The van der Waals surface area contributed by atoms with Crippen LogP contribution in [0.1, 0.15) is 23.2 Å². The zero-order valence-corrected chi connectivity index (χ0v) is 19.7. The van der Waals surface area contributed by atoms with Crippen molar-refractivity contribution in [3.8, 4) is 17.3 Å². The summed E-state index contributed by atoms with van der Waals surface area (Å²) in [6.07, 6.45) is 1.84. The van der Waals surface area contributed by atoms with Gasteiger partial charge in [0.2, 0.25) is 0 Å². The maximum absolute atomic E-state index is 14.0. The molecule has 2 aromatic heterocycles. The number of imidazole rings is 1. The molecule has 6 rings (SSSR count). The maximum Gasteiger partial charge on any atom is 0.254 e. The summed E-state index contributed by atoms with van der Waals surface area (Å²) in [7, 11) is 1.66. The molecule has 2 aromatic carbocycles. The van der Waals surface area contributed by atoms with E-state index in [4.69, 9.17) is 20.2 Å². The lowest BCUT2D eigenvalue weighted by Gasteiger charge is -2.31. The Balaban J connectivity index is 1.49. The van der Waals surface area contributed by atoms with Gasteiger partial charge in [-0.15, -0.1) is 0 Å². The van der Waals surface area contributed by atoms with E-state index in [1.54, 1.807) is 13.2 Å². The number of amides is 1. The third-order valence-corrected chi connectivity index (χ3v) is 6.98. The Bertz CT molecular complexity index is 1440. The number of rotatable bonds is 5. The standard InChI is InChI=1S/C26H28FN5O3/c1-34-9-7-31-21-5-4-18(27)11-16(21)13-22(31)25-29-20-12-17(14-23-24(20)32(25)8-10-35-23)26(33)30-6-2-3-19(28)15-30/h4-5,11-14,19H,2-3,6-10,15,28H2,1H3. The summed E-state index contributed by atoms with van der Waals surface area (Å²) in [5.41, 5.74) is 10.0. The van der Waals surface area contributed by atoms with Crippen molar-refractivity contribution in [2.24, 2.45) is 5.73 Å². The number of likely N-dealkylation sites (tertiary alicyclic amines) is 1. The molecule has 1 saturated heterocycles. The van der Waals surface area contributed by atoms with Gasteiger partial charge in [0.25, 0.3) is 5.91 Å². The lowest BCUT2D eigenvalue weighted by molar-refractivity contribution is 0.0708. The number of aromatic nitrogens is 3. The highest BCUT2D eigenvalue weighted by Crippen LogP contribution is 2.37. The minimum Gasteiger partial charge on any atom is -0.489 e. The van der Waals surface area contributed by atoms with Crippen molar-refractivity contribution in [2.45, 2.75) is 32.0 Å². The summed E-state index contributed by atoms with van der Waals surface area (Å²) in [6, 6.07) is 10.4. The van der Waals surface area contributed by atoms with Crippen molar-refractivity contribution in [2.75, 3.05) is 33.4 Å². The summed E-state index contributed by atoms with van der Waals surface area (Å²) < 4.78 is 29.6. The van der Waals surface area contributed by atoms with E-state index >= 15 is 0 Å². The minimum atomic E-state index is -0.279. The number of hydrogen-bond acceptors (Lipinski definition) is 5. The van der Waals surface area contributed by atoms with Crippen LogP contribution in [0.15, 0.2) is 36.4 Å². The molecule has 35 heavy (non-hydrogen) atoms. The number of hydrogen-bond donors (Lipinski definition) is 1. The number of carbonyl (C=O) groups excluding carboxylic acids is 1. The zero-order chi connectivity index (χ0) is 24.1. The van der Waals surface area contributed by atoms with Gasteiger partial charge in [-0.3, -0.25) is 4.79 Å². The van der Waals surface area contributed by atoms with Crippen molar-refractivity contribution in [1.29, 1.82) is 0 Å². The van der Waals surface area contributed by atoms with E-state index in [0.717, 1.165) is 40.8 Å². The molecule has 1 amide bonds. The highest BCUT2D eigenvalue weighted by atomic mass is 19.1. The Labute approximate surface area is 202 Å². The van der Waals surface area contributed by atoms with Crippen LogP contribution in [-0.4, -0.2) is 64.4 Å². The van der Waals surface area contributed by atoms with Gasteiger partial charge in [0.1, 0.15) is 23.7 Å². The zero-order valence-electron chi connectivity index (χ0n) is 19.7. The molecule has 1 unspecified atom stereocenters. The third kappa shape index (κ3) is 3.75. The minimum absolute atomic E-state index is 0.00991. The third-order valence-electron chi connectivity index (χ3n) is 6.98. The van der Waals surface area contributed by atoms with Gasteiger partial charge in [0.05, 0.1) is 24.4 Å². The second-order valence-electron chi connectivity index (χ2n) is 9.31. The molecule has 4 aromatic rings. The van der Waals surface area contributed by atoms with E-state index in [0.29, 0.717) is 56.2 Å².